The fourth-order valence-electron chi connectivity index (χ4n) is 2.86. The van der Waals surface area contributed by atoms with Gasteiger partial charge in [-0.3, -0.25) is 9.36 Å². The zero-order valence-electron chi connectivity index (χ0n) is 15.2. The molecule has 0 aliphatic carbocycles. The molecule has 26 heavy (non-hydrogen) atoms. The van der Waals surface area contributed by atoms with Gasteiger partial charge in [-0.15, -0.1) is 0 Å². The quantitative estimate of drug-likeness (QED) is 0.812. The highest BCUT2D eigenvalue weighted by atomic mass is 16.6. The van der Waals surface area contributed by atoms with Gasteiger partial charge in [0.2, 0.25) is 5.91 Å². The number of oxazole rings is 1. The van der Waals surface area contributed by atoms with E-state index in [0.29, 0.717) is 37.3 Å². The number of amides is 2. The summed E-state index contributed by atoms with van der Waals surface area (Å²) in [6, 6.07) is 7.00. The van der Waals surface area contributed by atoms with Crippen molar-refractivity contribution >= 4 is 23.1 Å². The van der Waals surface area contributed by atoms with E-state index in [1.54, 1.807) is 34.1 Å². The molecule has 0 unspecified atom stereocenters. The largest absolute Gasteiger partial charge is 0.444 e. The summed E-state index contributed by atoms with van der Waals surface area (Å²) in [5, 5.41) is 0. The number of carbonyl (C=O) groups excluding carboxylic acids is 2. The average molecular weight is 361 g/mol. The van der Waals surface area contributed by atoms with Gasteiger partial charge in [0.1, 0.15) is 12.1 Å². The summed E-state index contributed by atoms with van der Waals surface area (Å²) in [7, 11) is 0. The summed E-state index contributed by atoms with van der Waals surface area (Å²) in [6.07, 6.45) is -0.373. The van der Waals surface area contributed by atoms with Crippen LogP contribution in [0.25, 0.3) is 11.1 Å². The SMILES string of the molecule is CC(C)(C)OC(=O)N1CCN(C(=O)Cn2c(=O)oc3ccccc32)CC1. The van der Waals surface area contributed by atoms with E-state index in [2.05, 4.69) is 0 Å². The Hall–Kier alpha value is -2.77. The second-order valence-corrected chi connectivity index (χ2v) is 7.27. The Bertz CT molecular complexity index is 869. The lowest BCUT2D eigenvalue weighted by molar-refractivity contribution is -0.133. The first kappa shape index (κ1) is 18.0. The molecule has 0 spiro atoms. The first-order valence-electron chi connectivity index (χ1n) is 8.59. The van der Waals surface area contributed by atoms with Gasteiger partial charge in [-0.25, -0.2) is 9.59 Å². The summed E-state index contributed by atoms with van der Waals surface area (Å²) in [5.41, 5.74) is 0.506. The normalized spacial score (nSPS) is 15.3. The number of para-hydroxylation sites is 2. The Morgan fingerprint density at radius 3 is 2.35 bits per heavy atom. The molecule has 3 rings (SSSR count). The predicted molar refractivity (Wildman–Crippen MR) is 94.9 cm³/mol. The lowest BCUT2D eigenvalue weighted by Crippen LogP contribution is -2.52. The maximum atomic E-state index is 12.6. The molecular formula is C18H23N3O5. The highest BCUT2D eigenvalue weighted by Gasteiger charge is 2.28. The van der Waals surface area contributed by atoms with Gasteiger partial charge in [0.15, 0.2) is 5.58 Å². The lowest BCUT2D eigenvalue weighted by atomic mass is 10.2. The molecule has 0 bridgehead atoms. The minimum Gasteiger partial charge on any atom is -0.444 e. The van der Waals surface area contributed by atoms with Crippen LogP contribution in [-0.2, 0) is 16.1 Å². The van der Waals surface area contributed by atoms with E-state index in [-0.39, 0.29) is 18.5 Å². The van der Waals surface area contributed by atoms with E-state index < -0.39 is 11.4 Å². The molecule has 2 amide bonds. The molecule has 1 aliphatic rings. The zero-order chi connectivity index (χ0) is 18.9. The third-order valence-corrected chi connectivity index (χ3v) is 4.15. The van der Waals surface area contributed by atoms with Gasteiger partial charge in [0, 0.05) is 26.2 Å². The molecule has 0 atom stereocenters. The zero-order valence-corrected chi connectivity index (χ0v) is 15.2. The smallest absolute Gasteiger partial charge is 0.420 e. The van der Waals surface area contributed by atoms with Gasteiger partial charge in [0.05, 0.1) is 5.52 Å². The fourth-order valence-corrected chi connectivity index (χ4v) is 2.86. The molecule has 2 aromatic rings. The third-order valence-electron chi connectivity index (χ3n) is 4.15. The summed E-state index contributed by atoms with van der Waals surface area (Å²) in [5.74, 6) is -0.727. The number of hydrogen-bond donors (Lipinski definition) is 0. The topological polar surface area (TPSA) is 85.0 Å². The van der Waals surface area contributed by atoms with E-state index >= 15 is 0 Å². The standard InChI is InChI=1S/C18H23N3O5/c1-18(2,3)26-16(23)20-10-8-19(9-11-20)15(22)12-21-13-6-4-5-7-14(13)25-17(21)24/h4-7H,8-12H2,1-3H3. The Kier molecular flexibility index (Phi) is 4.76. The number of benzene rings is 1. The first-order valence-corrected chi connectivity index (χ1v) is 8.59. The van der Waals surface area contributed by atoms with Crippen molar-refractivity contribution in [3.63, 3.8) is 0 Å². The van der Waals surface area contributed by atoms with Crippen LogP contribution in [0.5, 0.6) is 0 Å². The molecule has 2 heterocycles. The monoisotopic (exact) mass is 361 g/mol. The Balaban J connectivity index is 1.61. The van der Waals surface area contributed by atoms with Gasteiger partial charge in [-0.05, 0) is 32.9 Å². The van der Waals surface area contributed by atoms with Gasteiger partial charge < -0.3 is 19.0 Å². The summed E-state index contributed by atoms with van der Waals surface area (Å²) < 4.78 is 11.8. The van der Waals surface area contributed by atoms with Crippen LogP contribution < -0.4 is 5.76 Å². The Labute approximate surface area is 150 Å². The van der Waals surface area contributed by atoms with E-state index in [1.807, 2.05) is 20.8 Å². The van der Waals surface area contributed by atoms with Crippen LogP contribution in [0.4, 0.5) is 4.79 Å². The molecule has 8 nitrogen and oxygen atoms in total. The van der Waals surface area contributed by atoms with Crippen molar-refractivity contribution in [3.05, 3.63) is 34.8 Å². The highest BCUT2D eigenvalue weighted by molar-refractivity contribution is 5.80. The highest BCUT2D eigenvalue weighted by Crippen LogP contribution is 2.14. The molecule has 0 radical (unpaired) electrons. The van der Waals surface area contributed by atoms with Crippen molar-refractivity contribution in [2.45, 2.75) is 32.9 Å². The molecule has 0 saturated carbocycles. The lowest BCUT2D eigenvalue weighted by Gasteiger charge is -2.35. The number of hydrogen-bond acceptors (Lipinski definition) is 5. The van der Waals surface area contributed by atoms with Crippen LogP contribution in [0.1, 0.15) is 20.8 Å². The van der Waals surface area contributed by atoms with E-state index in [4.69, 9.17) is 9.15 Å². The first-order chi connectivity index (χ1) is 12.2. The number of piperazine rings is 1. The summed E-state index contributed by atoms with van der Waals surface area (Å²) >= 11 is 0. The Morgan fingerprint density at radius 1 is 1.08 bits per heavy atom. The van der Waals surface area contributed by atoms with Crippen LogP contribution in [0.2, 0.25) is 0 Å². The van der Waals surface area contributed by atoms with E-state index in [1.165, 1.54) is 4.57 Å². The van der Waals surface area contributed by atoms with E-state index in [0.717, 1.165) is 0 Å². The van der Waals surface area contributed by atoms with Gasteiger partial charge in [-0.1, -0.05) is 12.1 Å². The minimum atomic E-state index is -0.549. The molecule has 8 heteroatoms. The third kappa shape index (κ3) is 3.89. The predicted octanol–water partition coefficient (Wildman–Crippen LogP) is 1.67. The van der Waals surface area contributed by atoms with Crippen LogP contribution >= 0.6 is 0 Å². The van der Waals surface area contributed by atoms with Crippen molar-refractivity contribution in [1.82, 2.24) is 14.4 Å². The maximum absolute atomic E-state index is 12.6. The maximum Gasteiger partial charge on any atom is 0.420 e. The van der Waals surface area contributed by atoms with Crippen LogP contribution in [0.3, 0.4) is 0 Å². The molecule has 0 N–H and O–H groups in total. The molecule has 1 aromatic carbocycles. The van der Waals surface area contributed by atoms with Crippen molar-refractivity contribution < 1.29 is 18.7 Å². The number of ether oxygens (including phenoxy) is 1. The number of aromatic nitrogens is 1. The molecule has 1 aromatic heterocycles. The van der Waals surface area contributed by atoms with Crippen LogP contribution in [0.15, 0.2) is 33.5 Å². The van der Waals surface area contributed by atoms with E-state index in [9.17, 15) is 14.4 Å². The molecule has 140 valence electrons. The second kappa shape index (κ2) is 6.86. The minimum absolute atomic E-state index is 0.0811. The molecule has 1 aliphatic heterocycles. The van der Waals surface area contributed by atoms with Crippen LogP contribution in [0, 0.1) is 0 Å². The molecular weight excluding hydrogens is 338 g/mol. The average Bonchev–Trinajstić information content (AvgIpc) is 2.89. The Morgan fingerprint density at radius 2 is 1.69 bits per heavy atom. The molecule has 1 saturated heterocycles. The number of fused-ring (bicyclic) bond motifs is 1. The molecule has 1 fully saturated rings. The van der Waals surface area contributed by atoms with Crippen molar-refractivity contribution in [3.8, 4) is 0 Å². The fraction of sp³-hybridized carbons (Fsp3) is 0.500. The summed E-state index contributed by atoms with van der Waals surface area (Å²) in [4.78, 5) is 39.9. The summed E-state index contributed by atoms with van der Waals surface area (Å²) in [6.45, 7) is 6.99. The van der Waals surface area contributed by atoms with Crippen molar-refractivity contribution in [2.24, 2.45) is 0 Å². The van der Waals surface area contributed by atoms with Gasteiger partial charge >= 0.3 is 11.8 Å². The van der Waals surface area contributed by atoms with Crippen LogP contribution in [-0.4, -0.2) is 58.1 Å². The number of nitrogens with zero attached hydrogens (tertiary/aromatic N) is 3. The van der Waals surface area contributed by atoms with Gasteiger partial charge in [-0.2, -0.15) is 0 Å². The number of rotatable bonds is 2. The number of carbonyl (C=O) groups is 2. The van der Waals surface area contributed by atoms with Crippen molar-refractivity contribution in [2.75, 3.05) is 26.2 Å². The second-order valence-electron chi connectivity index (χ2n) is 7.27. The van der Waals surface area contributed by atoms with Crippen molar-refractivity contribution in [1.29, 1.82) is 0 Å². The van der Waals surface area contributed by atoms with Gasteiger partial charge in [0.25, 0.3) is 0 Å².